The Morgan fingerprint density at radius 1 is 1.16 bits per heavy atom. The summed E-state index contributed by atoms with van der Waals surface area (Å²) in [7, 11) is 0. The van der Waals surface area contributed by atoms with Crippen molar-refractivity contribution in [3.8, 4) is 0 Å². The second-order valence-corrected chi connectivity index (χ2v) is 5.09. The second-order valence-electron chi connectivity index (χ2n) is 5.09. The maximum absolute atomic E-state index is 13.1. The van der Waals surface area contributed by atoms with Crippen LogP contribution in [-0.4, -0.2) is 28.5 Å². The zero-order valence-electron chi connectivity index (χ0n) is 10.8. The van der Waals surface area contributed by atoms with E-state index in [0.29, 0.717) is 6.54 Å². The van der Waals surface area contributed by atoms with E-state index in [1.807, 2.05) is 21.7 Å². The average molecular weight is 260 g/mol. The van der Waals surface area contributed by atoms with E-state index >= 15 is 0 Å². The van der Waals surface area contributed by atoms with Crippen LogP contribution in [0.4, 0.5) is 4.39 Å². The lowest BCUT2D eigenvalue weighted by molar-refractivity contribution is -0.132. The molecular formula is C15H17FN2O. The molecule has 0 bridgehead atoms. The van der Waals surface area contributed by atoms with Gasteiger partial charge in [-0.25, -0.2) is 4.39 Å². The Bertz CT molecular complexity index is 599. The van der Waals surface area contributed by atoms with E-state index in [2.05, 4.69) is 0 Å². The molecule has 1 aromatic heterocycles. The summed E-state index contributed by atoms with van der Waals surface area (Å²) < 4.78 is 15.0. The predicted octanol–water partition coefficient (Wildman–Crippen LogP) is 2.79. The molecule has 1 amide bonds. The van der Waals surface area contributed by atoms with Crippen LogP contribution in [0.5, 0.6) is 0 Å². The number of carbonyl (C=O) groups is 1. The number of hydrogen-bond donors (Lipinski definition) is 0. The molecule has 0 radical (unpaired) electrons. The van der Waals surface area contributed by atoms with Crippen LogP contribution in [0.25, 0.3) is 10.9 Å². The molecule has 19 heavy (non-hydrogen) atoms. The van der Waals surface area contributed by atoms with Crippen molar-refractivity contribution in [2.45, 2.75) is 25.8 Å². The number of fused-ring (bicyclic) bond motifs is 1. The summed E-state index contributed by atoms with van der Waals surface area (Å²) in [5.74, 6) is -0.0888. The topological polar surface area (TPSA) is 25.2 Å². The van der Waals surface area contributed by atoms with Gasteiger partial charge in [0.15, 0.2) is 0 Å². The molecule has 0 aliphatic carbocycles. The largest absolute Gasteiger partial charge is 0.341 e. The van der Waals surface area contributed by atoms with Crippen molar-refractivity contribution < 1.29 is 9.18 Å². The van der Waals surface area contributed by atoms with E-state index in [1.165, 1.54) is 18.6 Å². The maximum atomic E-state index is 13.1. The predicted molar refractivity (Wildman–Crippen MR) is 72.3 cm³/mol. The summed E-state index contributed by atoms with van der Waals surface area (Å²) in [6.45, 7) is 2.08. The van der Waals surface area contributed by atoms with Gasteiger partial charge in [-0.1, -0.05) is 0 Å². The minimum absolute atomic E-state index is 0.154. The molecule has 4 heteroatoms. The Labute approximate surface area is 111 Å². The number of piperidine rings is 1. The lowest BCUT2D eigenvalue weighted by Gasteiger charge is -2.27. The second kappa shape index (κ2) is 5.03. The zero-order chi connectivity index (χ0) is 13.2. The van der Waals surface area contributed by atoms with Crippen molar-refractivity contribution in [1.29, 1.82) is 0 Å². The van der Waals surface area contributed by atoms with Gasteiger partial charge < -0.3 is 9.47 Å². The fourth-order valence-corrected chi connectivity index (χ4v) is 2.70. The summed E-state index contributed by atoms with van der Waals surface area (Å²) in [4.78, 5) is 14.1. The molecule has 1 saturated heterocycles. The van der Waals surface area contributed by atoms with Crippen LogP contribution in [0.15, 0.2) is 30.5 Å². The molecule has 3 rings (SSSR count). The number of carbonyl (C=O) groups excluding carboxylic acids is 1. The lowest BCUT2D eigenvalue weighted by atomic mass is 10.1. The van der Waals surface area contributed by atoms with Crippen molar-refractivity contribution in [3.05, 3.63) is 36.3 Å². The first kappa shape index (κ1) is 12.2. The molecule has 1 aliphatic rings. The molecule has 0 N–H and O–H groups in total. The number of nitrogens with zero attached hydrogens (tertiary/aromatic N) is 2. The van der Waals surface area contributed by atoms with Gasteiger partial charge in [0.05, 0.1) is 0 Å². The molecule has 0 unspecified atom stereocenters. The normalized spacial score (nSPS) is 15.9. The summed E-state index contributed by atoms with van der Waals surface area (Å²) in [6, 6.07) is 6.51. The Hall–Kier alpha value is -1.84. The van der Waals surface area contributed by atoms with Crippen LogP contribution in [0.2, 0.25) is 0 Å². The van der Waals surface area contributed by atoms with E-state index < -0.39 is 0 Å². The summed E-state index contributed by atoms with van der Waals surface area (Å²) in [6.07, 6.45) is 5.27. The van der Waals surface area contributed by atoms with Crippen LogP contribution >= 0.6 is 0 Å². The number of hydrogen-bond acceptors (Lipinski definition) is 1. The molecular weight excluding hydrogens is 243 g/mol. The number of likely N-dealkylation sites (tertiary alicyclic amines) is 1. The molecule has 2 heterocycles. The lowest BCUT2D eigenvalue weighted by Crippen LogP contribution is -2.37. The Kier molecular flexibility index (Phi) is 3.23. The molecule has 1 aliphatic heterocycles. The fraction of sp³-hybridized carbons (Fsp3) is 0.400. The summed E-state index contributed by atoms with van der Waals surface area (Å²) >= 11 is 0. The van der Waals surface area contributed by atoms with E-state index in [4.69, 9.17) is 0 Å². The van der Waals surface area contributed by atoms with Crippen molar-refractivity contribution in [2.75, 3.05) is 13.1 Å². The number of halogens is 1. The van der Waals surface area contributed by atoms with E-state index in [9.17, 15) is 9.18 Å². The highest BCUT2D eigenvalue weighted by molar-refractivity contribution is 5.83. The first-order valence-electron chi connectivity index (χ1n) is 6.76. The maximum Gasteiger partial charge on any atom is 0.242 e. The quantitative estimate of drug-likeness (QED) is 0.815. The smallest absolute Gasteiger partial charge is 0.242 e. The van der Waals surface area contributed by atoms with Gasteiger partial charge in [0.1, 0.15) is 12.4 Å². The molecule has 3 nitrogen and oxygen atoms in total. The van der Waals surface area contributed by atoms with Gasteiger partial charge in [0, 0.05) is 30.2 Å². The van der Waals surface area contributed by atoms with Gasteiger partial charge in [-0.15, -0.1) is 0 Å². The van der Waals surface area contributed by atoms with Gasteiger partial charge in [0.2, 0.25) is 5.91 Å². The van der Waals surface area contributed by atoms with Gasteiger partial charge in [-0.3, -0.25) is 4.79 Å². The summed E-state index contributed by atoms with van der Waals surface area (Å²) in [5, 5.41) is 0.839. The highest BCUT2D eigenvalue weighted by atomic mass is 19.1. The average Bonchev–Trinajstić information content (AvgIpc) is 2.82. The van der Waals surface area contributed by atoms with Crippen molar-refractivity contribution in [1.82, 2.24) is 9.47 Å². The molecule has 0 spiro atoms. The van der Waals surface area contributed by atoms with Crippen molar-refractivity contribution >= 4 is 16.8 Å². The van der Waals surface area contributed by atoms with Crippen molar-refractivity contribution in [2.24, 2.45) is 0 Å². The van der Waals surface area contributed by atoms with Gasteiger partial charge >= 0.3 is 0 Å². The van der Waals surface area contributed by atoms with Gasteiger partial charge in [-0.2, -0.15) is 0 Å². The minimum Gasteiger partial charge on any atom is -0.341 e. The molecule has 1 aromatic carbocycles. The third kappa shape index (κ3) is 2.48. The van der Waals surface area contributed by atoms with Gasteiger partial charge in [0.25, 0.3) is 0 Å². The van der Waals surface area contributed by atoms with E-state index in [-0.39, 0.29) is 11.7 Å². The third-order valence-corrected chi connectivity index (χ3v) is 3.75. The van der Waals surface area contributed by atoms with Gasteiger partial charge in [-0.05, 0) is 43.5 Å². The third-order valence-electron chi connectivity index (χ3n) is 3.75. The number of amides is 1. The number of aromatic nitrogens is 1. The van der Waals surface area contributed by atoms with Crippen LogP contribution in [0.1, 0.15) is 19.3 Å². The minimum atomic E-state index is -0.243. The Morgan fingerprint density at radius 2 is 1.95 bits per heavy atom. The molecule has 1 fully saturated rings. The van der Waals surface area contributed by atoms with Crippen molar-refractivity contribution in [3.63, 3.8) is 0 Å². The molecule has 100 valence electrons. The monoisotopic (exact) mass is 260 g/mol. The number of rotatable bonds is 2. The van der Waals surface area contributed by atoms with Crippen LogP contribution in [0, 0.1) is 5.82 Å². The van der Waals surface area contributed by atoms with Crippen LogP contribution < -0.4 is 0 Å². The highest BCUT2D eigenvalue weighted by Gasteiger charge is 2.17. The highest BCUT2D eigenvalue weighted by Crippen LogP contribution is 2.18. The Morgan fingerprint density at radius 3 is 2.74 bits per heavy atom. The summed E-state index contributed by atoms with van der Waals surface area (Å²) in [5.41, 5.74) is 0.909. The first-order chi connectivity index (χ1) is 9.24. The van der Waals surface area contributed by atoms with E-state index in [1.54, 1.807) is 6.07 Å². The SMILES string of the molecule is O=C(Cn1ccc2cc(F)ccc21)N1CCCCC1. The first-order valence-corrected chi connectivity index (χ1v) is 6.76. The molecule has 0 saturated carbocycles. The molecule has 2 aromatic rings. The van der Waals surface area contributed by atoms with Crippen LogP contribution in [0.3, 0.4) is 0 Å². The standard InChI is InChI=1S/C15H17FN2O/c16-13-4-5-14-12(10-13)6-9-18(14)11-15(19)17-7-2-1-3-8-17/h4-6,9-10H,1-3,7-8,11H2. The van der Waals surface area contributed by atoms with Crippen LogP contribution in [-0.2, 0) is 11.3 Å². The Balaban J connectivity index is 1.79. The number of benzene rings is 1. The fourth-order valence-electron chi connectivity index (χ4n) is 2.70. The zero-order valence-corrected chi connectivity index (χ0v) is 10.8. The van der Waals surface area contributed by atoms with E-state index in [0.717, 1.165) is 36.8 Å². The molecule has 0 atom stereocenters.